The Hall–Kier alpha value is -4.64. The van der Waals surface area contributed by atoms with E-state index in [9.17, 15) is 18.8 Å². The van der Waals surface area contributed by atoms with E-state index < -0.39 is 29.2 Å². The van der Waals surface area contributed by atoms with Crippen molar-refractivity contribution in [3.63, 3.8) is 0 Å². The Kier molecular flexibility index (Phi) is 5.08. The van der Waals surface area contributed by atoms with E-state index >= 15 is 0 Å². The lowest BCUT2D eigenvalue weighted by molar-refractivity contribution is 0.0666. The first-order chi connectivity index (χ1) is 18.9. The van der Waals surface area contributed by atoms with E-state index in [1.165, 1.54) is 12.1 Å². The fourth-order valence-corrected chi connectivity index (χ4v) is 6.89. The number of fused-ring (bicyclic) bond motifs is 5. The van der Waals surface area contributed by atoms with Crippen LogP contribution in [0.1, 0.15) is 53.7 Å². The molecule has 190 valence electrons. The van der Waals surface area contributed by atoms with Crippen molar-refractivity contribution in [1.29, 1.82) is 0 Å². The number of rotatable bonds is 3. The van der Waals surface area contributed by atoms with Crippen molar-refractivity contribution in [2.24, 2.45) is 5.41 Å². The maximum Gasteiger partial charge on any atom is 0.185 e. The number of ketones is 3. The number of carbonyl (C=O) groups excluding carboxylic acids is 3. The molecule has 5 heteroatoms. The van der Waals surface area contributed by atoms with Crippen LogP contribution in [0.3, 0.4) is 0 Å². The number of carbonyl (C=O) groups is 3. The second-order valence-corrected chi connectivity index (χ2v) is 10.6. The van der Waals surface area contributed by atoms with Crippen LogP contribution in [0.5, 0.6) is 0 Å². The highest BCUT2D eigenvalue weighted by molar-refractivity contribution is 6.32. The number of anilines is 1. The third kappa shape index (κ3) is 3.13. The van der Waals surface area contributed by atoms with Gasteiger partial charge in [0.1, 0.15) is 17.3 Å². The predicted molar refractivity (Wildman–Crippen MR) is 148 cm³/mol. The molecular formula is C34H24FNO3. The van der Waals surface area contributed by atoms with Crippen molar-refractivity contribution in [3.05, 3.63) is 142 Å². The molecule has 0 amide bonds. The quantitative estimate of drug-likeness (QED) is 0.233. The van der Waals surface area contributed by atoms with Crippen LogP contribution in [0, 0.1) is 18.2 Å². The second-order valence-electron chi connectivity index (χ2n) is 10.6. The van der Waals surface area contributed by atoms with Gasteiger partial charge in [-0.15, -0.1) is 0 Å². The molecular weight excluding hydrogens is 489 g/mol. The summed E-state index contributed by atoms with van der Waals surface area (Å²) in [5.41, 5.74) is 2.93. The van der Waals surface area contributed by atoms with Crippen molar-refractivity contribution in [3.8, 4) is 0 Å². The van der Waals surface area contributed by atoms with Crippen LogP contribution in [0.15, 0.2) is 103 Å². The Bertz CT molecular complexity index is 1670. The van der Waals surface area contributed by atoms with E-state index in [0.29, 0.717) is 22.3 Å². The maximum atomic E-state index is 14.6. The van der Waals surface area contributed by atoms with Crippen LogP contribution < -0.4 is 4.90 Å². The standard InChI is InChI=1S/C34H24FNO3/c1-20-11-12-21-15-18-28-34(32(38)25-9-5-6-10-26(25)33(34)39)29(22-13-16-24(35)17-14-22)30(36(28)27(21)19-20)31(37)23-7-3-2-4-8-23/h2-19,28-30H,1H3/t28-,29+,30+/m1/s1. The topological polar surface area (TPSA) is 54.5 Å². The van der Waals surface area contributed by atoms with Gasteiger partial charge < -0.3 is 4.90 Å². The number of Topliss-reactive ketones (excluding diaryl/α,β-unsaturated/α-hetero) is 3. The van der Waals surface area contributed by atoms with E-state index in [0.717, 1.165) is 16.8 Å². The molecule has 4 nitrogen and oxygen atoms in total. The van der Waals surface area contributed by atoms with Crippen molar-refractivity contribution >= 4 is 29.1 Å². The number of halogens is 1. The van der Waals surface area contributed by atoms with Gasteiger partial charge in [0.25, 0.3) is 0 Å². The van der Waals surface area contributed by atoms with E-state index in [1.54, 1.807) is 60.7 Å². The normalized spacial score (nSPS) is 22.1. The molecule has 4 aromatic rings. The van der Waals surface area contributed by atoms with E-state index in [-0.39, 0.29) is 17.3 Å². The van der Waals surface area contributed by atoms with E-state index in [4.69, 9.17) is 0 Å². The summed E-state index contributed by atoms with van der Waals surface area (Å²) < 4.78 is 14.1. The molecule has 0 radical (unpaired) electrons. The fraction of sp³-hybridized carbons (Fsp3) is 0.147. The molecule has 2 heterocycles. The van der Waals surface area contributed by atoms with Crippen molar-refractivity contribution in [2.75, 3.05) is 4.90 Å². The highest BCUT2D eigenvalue weighted by Crippen LogP contribution is 2.61. The van der Waals surface area contributed by atoms with Gasteiger partial charge in [0.2, 0.25) is 0 Å². The first kappa shape index (κ1) is 23.5. The molecule has 7 rings (SSSR count). The summed E-state index contributed by atoms with van der Waals surface area (Å²) in [6, 6.07) is 26.1. The molecule has 0 unspecified atom stereocenters. The molecule has 1 aliphatic carbocycles. The zero-order valence-electron chi connectivity index (χ0n) is 21.2. The third-order valence-electron chi connectivity index (χ3n) is 8.52. The van der Waals surface area contributed by atoms with Crippen molar-refractivity contribution < 1.29 is 18.8 Å². The highest BCUT2D eigenvalue weighted by atomic mass is 19.1. The fourth-order valence-electron chi connectivity index (χ4n) is 6.89. The van der Waals surface area contributed by atoms with Gasteiger partial charge in [-0.25, -0.2) is 4.39 Å². The zero-order valence-corrected chi connectivity index (χ0v) is 21.2. The van der Waals surface area contributed by atoms with E-state index in [2.05, 4.69) is 0 Å². The van der Waals surface area contributed by atoms with Gasteiger partial charge >= 0.3 is 0 Å². The molecule has 3 atom stereocenters. The minimum atomic E-state index is -1.59. The van der Waals surface area contributed by atoms with Gasteiger partial charge in [-0.05, 0) is 41.8 Å². The number of aryl methyl sites for hydroxylation is 1. The Balaban J connectivity index is 1.56. The van der Waals surface area contributed by atoms with Crippen LogP contribution in [0.2, 0.25) is 0 Å². The smallest absolute Gasteiger partial charge is 0.185 e. The molecule has 0 bridgehead atoms. The molecule has 2 aliphatic heterocycles. The van der Waals surface area contributed by atoms with Gasteiger partial charge in [-0.1, -0.05) is 91.0 Å². The number of hydrogen-bond acceptors (Lipinski definition) is 4. The Labute approximate surface area is 225 Å². The van der Waals surface area contributed by atoms with Crippen molar-refractivity contribution in [1.82, 2.24) is 0 Å². The van der Waals surface area contributed by atoms with Crippen LogP contribution in [-0.4, -0.2) is 29.4 Å². The molecule has 1 fully saturated rings. The van der Waals surface area contributed by atoms with Crippen LogP contribution in [-0.2, 0) is 0 Å². The minimum absolute atomic E-state index is 0.189. The summed E-state index contributed by atoms with van der Waals surface area (Å²) in [4.78, 5) is 45.6. The summed E-state index contributed by atoms with van der Waals surface area (Å²) in [7, 11) is 0. The average molecular weight is 514 g/mol. The average Bonchev–Trinajstić information content (AvgIpc) is 3.40. The maximum absolute atomic E-state index is 14.6. The van der Waals surface area contributed by atoms with E-state index in [1.807, 2.05) is 48.2 Å². The largest absolute Gasteiger partial charge is 0.352 e. The van der Waals surface area contributed by atoms with Gasteiger partial charge in [-0.3, -0.25) is 14.4 Å². The molecule has 0 N–H and O–H groups in total. The molecule has 1 saturated heterocycles. The lowest BCUT2D eigenvalue weighted by atomic mass is 9.64. The summed E-state index contributed by atoms with van der Waals surface area (Å²) in [5, 5.41) is 0. The Morgan fingerprint density at radius 2 is 1.46 bits per heavy atom. The second kappa shape index (κ2) is 8.43. The van der Waals surface area contributed by atoms with Gasteiger partial charge in [0.15, 0.2) is 17.3 Å². The summed E-state index contributed by atoms with van der Waals surface area (Å²) in [6.07, 6.45) is 3.84. The minimum Gasteiger partial charge on any atom is -0.352 e. The van der Waals surface area contributed by atoms with Gasteiger partial charge in [-0.2, -0.15) is 0 Å². The highest BCUT2D eigenvalue weighted by Gasteiger charge is 2.71. The van der Waals surface area contributed by atoms with Crippen molar-refractivity contribution in [2.45, 2.75) is 24.9 Å². The Morgan fingerprint density at radius 1 is 0.821 bits per heavy atom. The number of hydrogen-bond donors (Lipinski definition) is 0. The summed E-state index contributed by atoms with van der Waals surface area (Å²) in [6.45, 7) is 1.98. The predicted octanol–water partition coefficient (Wildman–Crippen LogP) is 6.45. The van der Waals surface area contributed by atoms with Gasteiger partial charge in [0.05, 0.1) is 6.04 Å². The van der Waals surface area contributed by atoms with Crippen LogP contribution >= 0.6 is 0 Å². The summed E-state index contributed by atoms with van der Waals surface area (Å²) >= 11 is 0. The Morgan fingerprint density at radius 3 is 2.13 bits per heavy atom. The molecule has 4 aromatic carbocycles. The third-order valence-corrected chi connectivity index (χ3v) is 8.52. The molecule has 3 aliphatic rings. The SMILES string of the molecule is Cc1ccc2c(c1)N1[C@H](C(=O)c3ccccc3)[C@H](c3ccc(F)cc3)C3(C(=O)c4ccccc4C3=O)[C@H]1C=C2. The lowest BCUT2D eigenvalue weighted by Gasteiger charge is -2.37. The first-order valence-corrected chi connectivity index (χ1v) is 13.0. The zero-order chi connectivity index (χ0) is 26.9. The summed E-state index contributed by atoms with van der Waals surface area (Å²) in [5.74, 6) is -2.05. The van der Waals surface area contributed by atoms with Crippen LogP contribution in [0.25, 0.3) is 6.08 Å². The van der Waals surface area contributed by atoms with Crippen LogP contribution in [0.4, 0.5) is 10.1 Å². The number of nitrogens with zero attached hydrogens (tertiary/aromatic N) is 1. The number of benzene rings is 4. The monoisotopic (exact) mass is 513 g/mol. The molecule has 0 aromatic heterocycles. The molecule has 1 spiro atoms. The first-order valence-electron chi connectivity index (χ1n) is 13.0. The lowest BCUT2D eigenvalue weighted by Crippen LogP contribution is -2.48. The molecule has 0 saturated carbocycles. The molecule has 39 heavy (non-hydrogen) atoms. The van der Waals surface area contributed by atoms with Gasteiger partial charge in [0, 0.05) is 28.3 Å².